The van der Waals surface area contributed by atoms with Crippen LogP contribution in [0.2, 0.25) is 0 Å². The summed E-state index contributed by atoms with van der Waals surface area (Å²) in [5.41, 5.74) is 2.85. The molecule has 4 heteroatoms. The van der Waals surface area contributed by atoms with Crippen molar-refractivity contribution in [3.8, 4) is 11.3 Å². The van der Waals surface area contributed by atoms with Gasteiger partial charge in [-0.05, 0) is 12.1 Å². The van der Waals surface area contributed by atoms with E-state index in [4.69, 9.17) is 0 Å². The van der Waals surface area contributed by atoms with E-state index in [1.807, 2.05) is 37.4 Å². The Morgan fingerprint density at radius 3 is 2.67 bits per heavy atom. The molecule has 0 saturated carbocycles. The zero-order chi connectivity index (χ0) is 12.4. The van der Waals surface area contributed by atoms with Gasteiger partial charge in [0.05, 0.1) is 5.52 Å². The van der Waals surface area contributed by atoms with E-state index in [1.165, 1.54) is 0 Å². The molecule has 0 aliphatic heterocycles. The van der Waals surface area contributed by atoms with Gasteiger partial charge in [0.25, 0.3) is 0 Å². The number of aromatic nitrogens is 3. The number of nitrogens with zero attached hydrogens (tertiary/aromatic N) is 3. The molecule has 1 aromatic carbocycles. The van der Waals surface area contributed by atoms with Gasteiger partial charge < -0.3 is 5.32 Å². The summed E-state index contributed by atoms with van der Waals surface area (Å²) >= 11 is 0. The minimum absolute atomic E-state index is 0.772. The Morgan fingerprint density at radius 1 is 0.889 bits per heavy atom. The monoisotopic (exact) mass is 236 g/mol. The lowest BCUT2D eigenvalue weighted by atomic mass is 10.1. The molecule has 1 N–H and O–H groups in total. The Kier molecular flexibility index (Phi) is 2.61. The maximum absolute atomic E-state index is 4.42. The van der Waals surface area contributed by atoms with Crippen molar-refractivity contribution >= 4 is 16.7 Å². The van der Waals surface area contributed by atoms with Crippen LogP contribution in [0.1, 0.15) is 0 Å². The van der Waals surface area contributed by atoms with Gasteiger partial charge in [0.15, 0.2) is 5.82 Å². The highest BCUT2D eigenvalue weighted by molar-refractivity contribution is 5.95. The number of anilines is 1. The first-order valence-electron chi connectivity index (χ1n) is 5.73. The van der Waals surface area contributed by atoms with Crippen LogP contribution in [-0.2, 0) is 0 Å². The molecule has 0 saturated heterocycles. The topological polar surface area (TPSA) is 50.7 Å². The first-order valence-corrected chi connectivity index (χ1v) is 5.73. The second-order valence-electron chi connectivity index (χ2n) is 3.88. The molecule has 0 atom stereocenters. The second-order valence-corrected chi connectivity index (χ2v) is 3.88. The molecular weight excluding hydrogens is 224 g/mol. The molecular formula is C14H12N4. The largest absolute Gasteiger partial charge is 0.371 e. The first-order chi connectivity index (χ1) is 8.90. The van der Waals surface area contributed by atoms with Crippen molar-refractivity contribution in [1.29, 1.82) is 0 Å². The third-order valence-electron chi connectivity index (χ3n) is 2.84. The summed E-state index contributed by atoms with van der Waals surface area (Å²) in [4.78, 5) is 13.1. The molecule has 4 nitrogen and oxygen atoms in total. The average Bonchev–Trinajstić information content (AvgIpc) is 2.46. The van der Waals surface area contributed by atoms with Crippen molar-refractivity contribution in [3.63, 3.8) is 0 Å². The van der Waals surface area contributed by atoms with E-state index in [9.17, 15) is 0 Å². The quantitative estimate of drug-likeness (QED) is 0.743. The van der Waals surface area contributed by atoms with E-state index in [1.54, 1.807) is 18.6 Å². The fraction of sp³-hybridized carbons (Fsp3) is 0.0714. The Labute approximate surface area is 105 Å². The molecule has 18 heavy (non-hydrogen) atoms. The predicted molar refractivity (Wildman–Crippen MR) is 72.3 cm³/mol. The average molecular weight is 236 g/mol. The van der Waals surface area contributed by atoms with Crippen LogP contribution in [0.25, 0.3) is 22.2 Å². The standard InChI is InChI=1S/C14H12N4/c1-15-14-13(17-8-9-18-14)11-4-2-6-12-10(11)5-3-7-16-12/h2-9H,1H3,(H,15,18). The van der Waals surface area contributed by atoms with Crippen molar-refractivity contribution in [2.75, 3.05) is 12.4 Å². The van der Waals surface area contributed by atoms with Crippen LogP contribution in [0.3, 0.4) is 0 Å². The van der Waals surface area contributed by atoms with Crippen LogP contribution in [0.5, 0.6) is 0 Å². The molecule has 0 unspecified atom stereocenters. The number of hydrogen-bond acceptors (Lipinski definition) is 4. The highest BCUT2D eigenvalue weighted by Crippen LogP contribution is 2.29. The minimum Gasteiger partial charge on any atom is -0.371 e. The van der Waals surface area contributed by atoms with Crippen LogP contribution in [-0.4, -0.2) is 22.0 Å². The summed E-state index contributed by atoms with van der Waals surface area (Å²) in [7, 11) is 1.84. The fourth-order valence-corrected chi connectivity index (χ4v) is 2.03. The second kappa shape index (κ2) is 4.41. The van der Waals surface area contributed by atoms with Crippen molar-refractivity contribution in [3.05, 3.63) is 48.9 Å². The van der Waals surface area contributed by atoms with E-state index in [-0.39, 0.29) is 0 Å². The van der Waals surface area contributed by atoms with Gasteiger partial charge in [-0.1, -0.05) is 18.2 Å². The van der Waals surface area contributed by atoms with Crippen LogP contribution >= 0.6 is 0 Å². The highest BCUT2D eigenvalue weighted by atomic mass is 15.0. The molecule has 0 bridgehead atoms. The van der Waals surface area contributed by atoms with E-state index in [2.05, 4.69) is 20.3 Å². The van der Waals surface area contributed by atoms with Crippen LogP contribution in [0.4, 0.5) is 5.82 Å². The van der Waals surface area contributed by atoms with Gasteiger partial charge in [-0.2, -0.15) is 0 Å². The van der Waals surface area contributed by atoms with Crippen molar-refractivity contribution in [2.45, 2.75) is 0 Å². The fourth-order valence-electron chi connectivity index (χ4n) is 2.03. The molecule has 3 rings (SSSR count). The van der Waals surface area contributed by atoms with E-state index < -0.39 is 0 Å². The Morgan fingerprint density at radius 2 is 1.78 bits per heavy atom. The van der Waals surface area contributed by atoms with Crippen molar-refractivity contribution in [2.24, 2.45) is 0 Å². The van der Waals surface area contributed by atoms with Crippen molar-refractivity contribution in [1.82, 2.24) is 15.0 Å². The molecule has 88 valence electrons. The summed E-state index contributed by atoms with van der Waals surface area (Å²) in [6.45, 7) is 0. The van der Waals surface area contributed by atoms with Crippen LogP contribution in [0, 0.1) is 0 Å². The zero-order valence-corrected chi connectivity index (χ0v) is 9.96. The maximum Gasteiger partial charge on any atom is 0.152 e. The number of benzene rings is 1. The van der Waals surface area contributed by atoms with E-state index in [0.29, 0.717) is 0 Å². The van der Waals surface area contributed by atoms with Crippen LogP contribution < -0.4 is 5.32 Å². The Bertz CT molecular complexity index is 689. The zero-order valence-electron chi connectivity index (χ0n) is 9.96. The van der Waals surface area contributed by atoms with Gasteiger partial charge >= 0.3 is 0 Å². The molecule has 0 amide bonds. The highest BCUT2D eigenvalue weighted by Gasteiger charge is 2.09. The van der Waals surface area contributed by atoms with Gasteiger partial charge in [0.2, 0.25) is 0 Å². The predicted octanol–water partition coefficient (Wildman–Crippen LogP) is 2.73. The van der Waals surface area contributed by atoms with E-state index >= 15 is 0 Å². The molecule has 0 aliphatic rings. The number of nitrogens with one attached hydrogen (secondary N) is 1. The third kappa shape index (κ3) is 1.68. The first kappa shape index (κ1) is 10.7. The molecule has 0 fully saturated rings. The normalized spacial score (nSPS) is 10.5. The lowest BCUT2D eigenvalue weighted by molar-refractivity contribution is 1.19. The molecule has 0 radical (unpaired) electrons. The Hall–Kier alpha value is -2.49. The summed E-state index contributed by atoms with van der Waals surface area (Å²) in [6, 6.07) is 9.99. The number of rotatable bonds is 2. The molecule has 0 aliphatic carbocycles. The number of pyridine rings is 1. The van der Waals surface area contributed by atoms with Gasteiger partial charge in [0, 0.05) is 36.6 Å². The molecule has 3 aromatic rings. The molecule has 2 heterocycles. The lowest BCUT2D eigenvalue weighted by Gasteiger charge is -2.08. The summed E-state index contributed by atoms with van der Waals surface area (Å²) in [5.74, 6) is 0.772. The third-order valence-corrected chi connectivity index (χ3v) is 2.84. The van der Waals surface area contributed by atoms with E-state index in [0.717, 1.165) is 28.0 Å². The van der Waals surface area contributed by atoms with Gasteiger partial charge in [-0.3, -0.25) is 9.97 Å². The summed E-state index contributed by atoms with van der Waals surface area (Å²) in [6.07, 6.45) is 5.17. The number of hydrogen-bond donors (Lipinski definition) is 1. The minimum atomic E-state index is 0.772. The SMILES string of the molecule is CNc1nccnc1-c1cccc2ncccc12. The number of fused-ring (bicyclic) bond motifs is 1. The van der Waals surface area contributed by atoms with Crippen molar-refractivity contribution < 1.29 is 0 Å². The lowest BCUT2D eigenvalue weighted by Crippen LogP contribution is -1.97. The molecule has 0 spiro atoms. The van der Waals surface area contributed by atoms with Crippen LogP contribution in [0.15, 0.2) is 48.9 Å². The maximum atomic E-state index is 4.42. The summed E-state index contributed by atoms with van der Waals surface area (Å²) in [5, 5.41) is 4.15. The molecule has 2 aromatic heterocycles. The van der Waals surface area contributed by atoms with Gasteiger partial charge in [0.1, 0.15) is 5.69 Å². The smallest absolute Gasteiger partial charge is 0.152 e. The van der Waals surface area contributed by atoms with Gasteiger partial charge in [-0.15, -0.1) is 0 Å². The summed E-state index contributed by atoms with van der Waals surface area (Å²) < 4.78 is 0. The van der Waals surface area contributed by atoms with Gasteiger partial charge in [-0.25, -0.2) is 4.98 Å². The Balaban J connectivity index is 2.32.